The van der Waals surface area contributed by atoms with Gasteiger partial charge in [-0.15, -0.1) is 11.3 Å². The normalized spacial score (nSPS) is 27.0. The van der Waals surface area contributed by atoms with Crippen LogP contribution >= 0.6 is 11.3 Å². The maximum Gasteiger partial charge on any atom is 0.164 e. The average molecular weight is 291 g/mol. The second kappa shape index (κ2) is 5.30. The largest absolute Gasteiger partial charge is 0.383 e. The molecule has 4 nitrogen and oxygen atoms in total. The summed E-state index contributed by atoms with van der Waals surface area (Å²) >= 11 is 1.61. The zero-order valence-electron chi connectivity index (χ0n) is 12.1. The van der Waals surface area contributed by atoms with Gasteiger partial charge in [0, 0.05) is 6.61 Å². The highest BCUT2D eigenvalue weighted by molar-refractivity contribution is 7.16. The second-order valence-corrected chi connectivity index (χ2v) is 6.60. The fraction of sp³-hybridized carbons (Fsp3) is 0.600. The summed E-state index contributed by atoms with van der Waals surface area (Å²) in [5.74, 6) is 1.99. The fourth-order valence-corrected chi connectivity index (χ4v) is 4.03. The molecule has 0 aliphatic heterocycles. The molecule has 2 aromatic heterocycles. The molecule has 0 aromatic carbocycles. The molecule has 1 fully saturated rings. The first-order valence-corrected chi connectivity index (χ1v) is 8.18. The third-order valence-corrected chi connectivity index (χ3v) is 4.95. The van der Waals surface area contributed by atoms with Crippen LogP contribution in [0, 0.1) is 5.92 Å². The summed E-state index contributed by atoms with van der Waals surface area (Å²) in [5.41, 5.74) is 5.75. The van der Waals surface area contributed by atoms with E-state index in [-0.39, 0.29) is 5.60 Å². The van der Waals surface area contributed by atoms with E-state index in [1.807, 2.05) is 18.4 Å². The molecule has 2 heterocycles. The lowest BCUT2D eigenvalue weighted by Crippen LogP contribution is -2.37. The smallest absolute Gasteiger partial charge is 0.164 e. The molecule has 0 saturated heterocycles. The molecule has 5 heteroatoms. The Kier molecular flexibility index (Phi) is 3.65. The SMILES string of the molecule is CCOC1(c2nc(N)c3ccsc3n2)CCCC(C)C1. The molecule has 2 N–H and O–H groups in total. The zero-order valence-corrected chi connectivity index (χ0v) is 12.9. The third kappa shape index (κ3) is 2.29. The lowest BCUT2D eigenvalue weighted by Gasteiger charge is -2.38. The molecule has 20 heavy (non-hydrogen) atoms. The van der Waals surface area contributed by atoms with Crippen LogP contribution < -0.4 is 5.73 Å². The molecule has 2 atom stereocenters. The first kappa shape index (κ1) is 13.8. The van der Waals surface area contributed by atoms with Crippen molar-refractivity contribution in [2.24, 2.45) is 5.92 Å². The second-order valence-electron chi connectivity index (χ2n) is 5.70. The van der Waals surface area contributed by atoms with Crippen molar-refractivity contribution >= 4 is 27.4 Å². The van der Waals surface area contributed by atoms with Gasteiger partial charge in [-0.25, -0.2) is 9.97 Å². The van der Waals surface area contributed by atoms with E-state index in [1.54, 1.807) is 11.3 Å². The van der Waals surface area contributed by atoms with Gasteiger partial charge in [-0.3, -0.25) is 0 Å². The number of anilines is 1. The highest BCUT2D eigenvalue weighted by Crippen LogP contribution is 2.42. The molecule has 0 amide bonds. The Hall–Kier alpha value is -1.20. The summed E-state index contributed by atoms with van der Waals surface area (Å²) in [5, 5.41) is 2.96. The number of hydrogen-bond acceptors (Lipinski definition) is 5. The van der Waals surface area contributed by atoms with Crippen molar-refractivity contribution in [2.75, 3.05) is 12.3 Å². The number of rotatable bonds is 3. The summed E-state index contributed by atoms with van der Waals surface area (Å²) < 4.78 is 6.13. The minimum absolute atomic E-state index is 0.348. The van der Waals surface area contributed by atoms with E-state index >= 15 is 0 Å². The van der Waals surface area contributed by atoms with Crippen LogP contribution in [-0.4, -0.2) is 16.6 Å². The zero-order chi connectivity index (χ0) is 14.2. The minimum Gasteiger partial charge on any atom is -0.383 e. The molecule has 0 radical (unpaired) electrons. The first-order valence-electron chi connectivity index (χ1n) is 7.30. The molecule has 2 unspecified atom stereocenters. The Morgan fingerprint density at radius 1 is 1.50 bits per heavy atom. The molecule has 3 rings (SSSR count). The summed E-state index contributed by atoms with van der Waals surface area (Å²) in [6.07, 6.45) is 4.39. The Morgan fingerprint density at radius 2 is 2.35 bits per heavy atom. The van der Waals surface area contributed by atoms with Crippen molar-refractivity contribution in [3.05, 3.63) is 17.3 Å². The van der Waals surface area contributed by atoms with Crippen molar-refractivity contribution in [3.8, 4) is 0 Å². The monoisotopic (exact) mass is 291 g/mol. The number of aromatic nitrogens is 2. The number of nitrogen functional groups attached to an aromatic ring is 1. The van der Waals surface area contributed by atoms with Crippen molar-refractivity contribution in [1.82, 2.24) is 9.97 Å². The van der Waals surface area contributed by atoms with E-state index in [9.17, 15) is 0 Å². The van der Waals surface area contributed by atoms with Crippen molar-refractivity contribution in [1.29, 1.82) is 0 Å². The van der Waals surface area contributed by atoms with Gasteiger partial charge >= 0.3 is 0 Å². The maximum absolute atomic E-state index is 6.13. The molecule has 1 aliphatic carbocycles. The predicted octanol–water partition coefficient (Wildman–Crippen LogP) is 3.72. The van der Waals surface area contributed by atoms with Crippen LogP contribution in [0.25, 0.3) is 10.2 Å². The highest BCUT2D eigenvalue weighted by Gasteiger charge is 2.40. The average Bonchev–Trinajstić information content (AvgIpc) is 2.88. The number of hydrogen-bond donors (Lipinski definition) is 1. The molecule has 0 bridgehead atoms. The van der Waals surface area contributed by atoms with Crippen LogP contribution in [0.5, 0.6) is 0 Å². The third-order valence-electron chi connectivity index (χ3n) is 4.14. The van der Waals surface area contributed by atoms with Crippen LogP contribution in [0.4, 0.5) is 5.82 Å². The highest BCUT2D eigenvalue weighted by atomic mass is 32.1. The van der Waals surface area contributed by atoms with Gasteiger partial charge in [0.2, 0.25) is 0 Å². The van der Waals surface area contributed by atoms with Gasteiger partial charge < -0.3 is 10.5 Å². The number of nitrogens with zero attached hydrogens (tertiary/aromatic N) is 2. The molecular formula is C15H21N3OS. The number of thiophene rings is 1. The predicted molar refractivity (Wildman–Crippen MR) is 82.8 cm³/mol. The molecular weight excluding hydrogens is 270 g/mol. The van der Waals surface area contributed by atoms with E-state index < -0.39 is 0 Å². The summed E-state index contributed by atoms with van der Waals surface area (Å²) in [4.78, 5) is 10.3. The molecule has 1 saturated carbocycles. The van der Waals surface area contributed by atoms with E-state index in [0.29, 0.717) is 18.3 Å². The van der Waals surface area contributed by atoms with Crippen LogP contribution in [0.1, 0.15) is 45.4 Å². The van der Waals surface area contributed by atoms with Crippen molar-refractivity contribution in [3.63, 3.8) is 0 Å². The molecule has 1 aliphatic rings. The van der Waals surface area contributed by atoms with E-state index in [4.69, 9.17) is 15.5 Å². The summed E-state index contributed by atoms with van der Waals surface area (Å²) in [6.45, 7) is 4.99. The van der Waals surface area contributed by atoms with Gasteiger partial charge in [0.05, 0.1) is 5.39 Å². The summed E-state index contributed by atoms with van der Waals surface area (Å²) in [7, 11) is 0. The fourth-order valence-electron chi connectivity index (χ4n) is 3.26. The van der Waals surface area contributed by atoms with Crippen LogP contribution in [0.3, 0.4) is 0 Å². The summed E-state index contributed by atoms with van der Waals surface area (Å²) in [6, 6.07) is 1.98. The number of fused-ring (bicyclic) bond motifs is 1. The van der Waals surface area contributed by atoms with Gasteiger partial charge in [-0.05, 0) is 43.6 Å². The molecule has 2 aromatic rings. The quantitative estimate of drug-likeness (QED) is 0.936. The van der Waals surface area contributed by atoms with Crippen molar-refractivity contribution in [2.45, 2.75) is 45.1 Å². The van der Waals surface area contributed by atoms with Gasteiger partial charge in [0.15, 0.2) is 5.82 Å². The van der Waals surface area contributed by atoms with Crippen LogP contribution in [-0.2, 0) is 10.3 Å². The standard InChI is InChI=1S/C15H21N3OS/c1-3-19-15(7-4-5-10(2)9-15)14-17-12(16)11-6-8-20-13(11)18-14/h6,8,10H,3-5,7,9H2,1-2H3,(H2,16,17,18). The van der Waals surface area contributed by atoms with Gasteiger partial charge in [-0.1, -0.05) is 13.3 Å². The lowest BCUT2D eigenvalue weighted by molar-refractivity contribution is -0.0877. The molecule has 108 valence electrons. The Bertz CT molecular complexity index is 608. The number of ether oxygens (including phenoxy) is 1. The molecule has 0 spiro atoms. The Labute approximate surface area is 123 Å². The Balaban J connectivity index is 2.08. The van der Waals surface area contributed by atoms with Crippen LogP contribution in [0.15, 0.2) is 11.4 Å². The van der Waals surface area contributed by atoms with E-state index in [2.05, 4.69) is 11.9 Å². The Morgan fingerprint density at radius 3 is 3.10 bits per heavy atom. The van der Waals surface area contributed by atoms with E-state index in [0.717, 1.165) is 35.3 Å². The van der Waals surface area contributed by atoms with Crippen LogP contribution in [0.2, 0.25) is 0 Å². The van der Waals surface area contributed by atoms with Gasteiger partial charge in [-0.2, -0.15) is 0 Å². The van der Waals surface area contributed by atoms with E-state index in [1.165, 1.54) is 6.42 Å². The first-order chi connectivity index (χ1) is 9.64. The number of nitrogens with two attached hydrogens (primary N) is 1. The maximum atomic E-state index is 6.13. The van der Waals surface area contributed by atoms with Crippen molar-refractivity contribution < 1.29 is 4.74 Å². The lowest BCUT2D eigenvalue weighted by atomic mass is 9.78. The minimum atomic E-state index is -0.348. The van der Waals surface area contributed by atoms with Gasteiger partial charge in [0.25, 0.3) is 0 Å². The topological polar surface area (TPSA) is 61.0 Å². The van der Waals surface area contributed by atoms with Gasteiger partial charge in [0.1, 0.15) is 16.2 Å².